The monoisotopic (exact) mass is 210 g/mol. The topological polar surface area (TPSA) is 0 Å². The van der Waals surface area contributed by atoms with E-state index in [9.17, 15) is 30.7 Å². The Morgan fingerprint density at radius 3 is 1.77 bits per heavy atom. The lowest BCUT2D eigenvalue weighted by atomic mass is 10.1. The minimum absolute atomic E-state index is 1.86. The maximum atomic E-state index is 12.3. The number of hydrogen-bond acceptors (Lipinski definition) is 0. The molecule has 0 saturated carbocycles. The van der Waals surface area contributed by atoms with Crippen LogP contribution in [0, 0.1) is 0 Å². The summed E-state index contributed by atoms with van der Waals surface area (Å²) in [5.74, 6) is -10.8. The van der Waals surface area contributed by atoms with Crippen LogP contribution in [0.1, 0.15) is 0 Å². The minimum Gasteiger partial charge on any atom is -0.246 e. The normalized spacial score (nSPS) is 13.5. The van der Waals surface area contributed by atoms with E-state index in [1.165, 1.54) is 0 Å². The van der Waals surface area contributed by atoms with Crippen LogP contribution in [0.5, 0.6) is 0 Å². The molecule has 0 spiro atoms. The molecule has 0 radical (unpaired) electrons. The first-order valence-corrected chi connectivity index (χ1v) is 2.96. The van der Waals surface area contributed by atoms with E-state index < -0.39 is 30.5 Å². The zero-order valence-corrected chi connectivity index (χ0v) is 6.14. The Kier molecular flexibility index (Phi) is 3.34. The molecular formula is C6H5F7. The standard InChI is InChI=1S/C6H5F7/c1-3(2-7)5(10,11)6(12,13)4(8)9/h4H,1-2H2. The van der Waals surface area contributed by atoms with Gasteiger partial charge in [-0.05, 0) is 0 Å². The Hall–Kier alpha value is -0.750. The van der Waals surface area contributed by atoms with Crippen LogP contribution in [0.4, 0.5) is 30.7 Å². The van der Waals surface area contributed by atoms with Crippen molar-refractivity contribution in [3.05, 3.63) is 12.2 Å². The quantitative estimate of drug-likeness (QED) is 0.494. The van der Waals surface area contributed by atoms with E-state index >= 15 is 0 Å². The van der Waals surface area contributed by atoms with Crippen molar-refractivity contribution in [1.82, 2.24) is 0 Å². The fourth-order valence-corrected chi connectivity index (χ4v) is 0.457. The van der Waals surface area contributed by atoms with Crippen LogP contribution in [0.3, 0.4) is 0 Å². The predicted octanol–water partition coefficient (Wildman–Crippen LogP) is 3.05. The van der Waals surface area contributed by atoms with Gasteiger partial charge < -0.3 is 0 Å². The molecule has 0 aliphatic heterocycles. The van der Waals surface area contributed by atoms with Crippen molar-refractivity contribution in [2.24, 2.45) is 0 Å². The maximum Gasteiger partial charge on any atom is 0.373 e. The first kappa shape index (κ1) is 12.2. The lowest BCUT2D eigenvalue weighted by Crippen LogP contribution is -2.47. The van der Waals surface area contributed by atoms with Gasteiger partial charge in [0.2, 0.25) is 0 Å². The largest absolute Gasteiger partial charge is 0.373 e. The summed E-state index contributed by atoms with van der Waals surface area (Å²) in [6, 6.07) is 0. The average Bonchev–Trinajstić information content (AvgIpc) is 2.02. The number of rotatable bonds is 4. The van der Waals surface area contributed by atoms with Gasteiger partial charge in [0.05, 0.1) is 0 Å². The maximum absolute atomic E-state index is 12.3. The second-order valence-electron chi connectivity index (χ2n) is 2.24. The highest BCUT2D eigenvalue weighted by Gasteiger charge is 2.64. The van der Waals surface area contributed by atoms with Crippen LogP contribution >= 0.6 is 0 Å². The number of alkyl halides is 7. The Morgan fingerprint density at radius 2 is 1.54 bits per heavy atom. The number of halogens is 7. The number of allylic oxidation sites excluding steroid dienone is 1. The smallest absolute Gasteiger partial charge is 0.246 e. The molecule has 0 atom stereocenters. The second kappa shape index (κ2) is 3.55. The van der Waals surface area contributed by atoms with Crippen molar-refractivity contribution >= 4 is 0 Å². The Labute approximate surface area is 69.0 Å². The summed E-state index contributed by atoms with van der Waals surface area (Å²) in [6.07, 6.45) is -4.56. The van der Waals surface area contributed by atoms with Crippen LogP contribution in [-0.2, 0) is 0 Å². The van der Waals surface area contributed by atoms with Gasteiger partial charge in [0.25, 0.3) is 0 Å². The molecule has 0 saturated heterocycles. The van der Waals surface area contributed by atoms with Crippen LogP contribution < -0.4 is 0 Å². The van der Waals surface area contributed by atoms with E-state index in [0.717, 1.165) is 0 Å². The van der Waals surface area contributed by atoms with Crippen LogP contribution in [0.15, 0.2) is 12.2 Å². The Morgan fingerprint density at radius 1 is 1.15 bits per heavy atom. The first-order chi connectivity index (χ1) is 5.67. The van der Waals surface area contributed by atoms with Crippen LogP contribution in [-0.4, -0.2) is 24.9 Å². The molecule has 0 nitrogen and oxygen atoms in total. The highest BCUT2D eigenvalue weighted by molar-refractivity contribution is 5.14. The molecule has 0 aliphatic rings. The molecule has 0 N–H and O–H groups in total. The zero-order chi connectivity index (χ0) is 10.9. The molecule has 0 fully saturated rings. The zero-order valence-electron chi connectivity index (χ0n) is 6.14. The lowest BCUT2D eigenvalue weighted by Gasteiger charge is -2.26. The van der Waals surface area contributed by atoms with Gasteiger partial charge in [-0.1, -0.05) is 6.58 Å². The van der Waals surface area contributed by atoms with Gasteiger partial charge in [-0.3, -0.25) is 0 Å². The molecule has 0 heterocycles. The number of hydrogen-bond donors (Lipinski definition) is 0. The average molecular weight is 210 g/mol. The molecular weight excluding hydrogens is 205 g/mol. The summed E-state index contributed by atoms with van der Waals surface area (Å²) in [5.41, 5.74) is -1.86. The van der Waals surface area contributed by atoms with Crippen LogP contribution in [0.25, 0.3) is 0 Å². The van der Waals surface area contributed by atoms with Crippen molar-refractivity contribution in [1.29, 1.82) is 0 Å². The van der Waals surface area contributed by atoms with Crippen molar-refractivity contribution in [3.63, 3.8) is 0 Å². The van der Waals surface area contributed by atoms with Gasteiger partial charge in [-0.15, -0.1) is 0 Å². The minimum atomic E-state index is -5.59. The highest BCUT2D eigenvalue weighted by Crippen LogP contribution is 2.43. The summed E-state index contributed by atoms with van der Waals surface area (Å²) < 4.78 is 83.0. The summed E-state index contributed by atoms with van der Waals surface area (Å²) in [6.45, 7) is 0.278. The highest BCUT2D eigenvalue weighted by atomic mass is 19.3. The third-order valence-electron chi connectivity index (χ3n) is 1.30. The molecule has 7 heteroatoms. The SMILES string of the molecule is C=C(CF)C(F)(F)C(F)(F)C(F)F. The van der Waals surface area contributed by atoms with Crippen molar-refractivity contribution < 1.29 is 30.7 Å². The van der Waals surface area contributed by atoms with E-state index in [2.05, 4.69) is 6.58 Å². The molecule has 0 aromatic heterocycles. The Balaban J connectivity index is 4.91. The van der Waals surface area contributed by atoms with Crippen LogP contribution in [0.2, 0.25) is 0 Å². The van der Waals surface area contributed by atoms with E-state index in [1.54, 1.807) is 0 Å². The fourth-order valence-electron chi connectivity index (χ4n) is 0.457. The van der Waals surface area contributed by atoms with Crippen molar-refractivity contribution in [2.45, 2.75) is 18.3 Å². The van der Waals surface area contributed by atoms with E-state index in [1.807, 2.05) is 0 Å². The molecule has 0 aromatic rings. The fraction of sp³-hybridized carbons (Fsp3) is 0.667. The summed E-state index contributed by atoms with van der Waals surface area (Å²) in [4.78, 5) is 0. The van der Waals surface area contributed by atoms with Gasteiger partial charge in [0.1, 0.15) is 6.67 Å². The molecule has 13 heavy (non-hydrogen) atoms. The first-order valence-electron chi connectivity index (χ1n) is 2.96. The van der Waals surface area contributed by atoms with Gasteiger partial charge in [-0.25, -0.2) is 13.2 Å². The van der Waals surface area contributed by atoms with Crippen molar-refractivity contribution in [2.75, 3.05) is 6.67 Å². The predicted molar refractivity (Wildman–Crippen MR) is 31.0 cm³/mol. The molecule has 0 aromatic carbocycles. The Bertz CT molecular complexity index is 195. The molecule has 0 unspecified atom stereocenters. The van der Waals surface area contributed by atoms with Gasteiger partial charge >= 0.3 is 18.3 Å². The second-order valence-corrected chi connectivity index (χ2v) is 2.24. The summed E-state index contributed by atoms with van der Waals surface area (Å²) in [5, 5.41) is 0. The van der Waals surface area contributed by atoms with Gasteiger partial charge in [-0.2, -0.15) is 17.6 Å². The molecule has 0 bridgehead atoms. The lowest BCUT2D eigenvalue weighted by molar-refractivity contribution is -0.247. The molecule has 78 valence electrons. The van der Waals surface area contributed by atoms with Crippen molar-refractivity contribution in [3.8, 4) is 0 Å². The van der Waals surface area contributed by atoms with Gasteiger partial charge in [0.15, 0.2) is 0 Å². The summed E-state index contributed by atoms with van der Waals surface area (Å²) >= 11 is 0. The molecule has 0 aliphatic carbocycles. The molecule has 0 rings (SSSR count). The molecule has 0 amide bonds. The third kappa shape index (κ3) is 1.94. The van der Waals surface area contributed by atoms with Gasteiger partial charge in [0, 0.05) is 5.57 Å². The third-order valence-corrected chi connectivity index (χ3v) is 1.30. The summed E-state index contributed by atoms with van der Waals surface area (Å²) in [7, 11) is 0. The van der Waals surface area contributed by atoms with E-state index in [0.29, 0.717) is 0 Å². The van der Waals surface area contributed by atoms with E-state index in [4.69, 9.17) is 0 Å². The van der Waals surface area contributed by atoms with E-state index in [-0.39, 0.29) is 0 Å².